The molecule has 100 valence electrons. The minimum absolute atomic E-state index is 0.0445. The molecule has 2 heterocycles. The van der Waals surface area contributed by atoms with Crippen molar-refractivity contribution in [2.75, 3.05) is 24.5 Å². The Morgan fingerprint density at radius 2 is 2.00 bits per heavy atom. The van der Waals surface area contributed by atoms with Crippen LogP contribution in [-0.2, 0) is 10.0 Å². The van der Waals surface area contributed by atoms with Crippen LogP contribution in [0.5, 0.6) is 0 Å². The lowest BCUT2D eigenvalue weighted by Gasteiger charge is -2.32. The van der Waals surface area contributed by atoms with Crippen LogP contribution in [0.25, 0.3) is 0 Å². The highest BCUT2D eigenvalue weighted by molar-refractivity contribution is 7.89. The Hall–Kier alpha value is -1.18. The van der Waals surface area contributed by atoms with Crippen molar-refractivity contribution < 1.29 is 8.42 Å². The maximum absolute atomic E-state index is 11.1. The van der Waals surface area contributed by atoms with Gasteiger partial charge in [-0.1, -0.05) is 0 Å². The number of nitrogens with zero attached hydrogens (tertiary/aromatic N) is 2. The number of hydrogen-bond acceptors (Lipinski definition) is 5. The van der Waals surface area contributed by atoms with E-state index in [-0.39, 0.29) is 4.90 Å². The Kier molecular flexibility index (Phi) is 3.84. The molecular weight excluding hydrogens is 252 g/mol. The van der Waals surface area contributed by atoms with Gasteiger partial charge >= 0.3 is 0 Å². The number of anilines is 1. The van der Waals surface area contributed by atoms with Crippen LogP contribution in [0, 0.1) is 5.92 Å². The van der Waals surface area contributed by atoms with Gasteiger partial charge in [-0.3, -0.25) is 0 Å². The molecule has 1 aromatic heterocycles. The van der Waals surface area contributed by atoms with E-state index in [9.17, 15) is 8.42 Å². The van der Waals surface area contributed by atoms with Gasteiger partial charge in [-0.2, -0.15) is 0 Å². The normalized spacial score (nSPS) is 18.0. The van der Waals surface area contributed by atoms with E-state index in [0.29, 0.717) is 5.92 Å². The molecule has 0 spiro atoms. The maximum atomic E-state index is 11.1. The first-order valence-corrected chi connectivity index (χ1v) is 7.49. The largest absolute Gasteiger partial charge is 0.357 e. The van der Waals surface area contributed by atoms with E-state index in [1.807, 2.05) is 0 Å². The predicted octanol–water partition coefficient (Wildman–Crippen LogP) is -0.0959. The highest BCUT2D eigenvalue weighted by atomic mass is 32.2. The highest BCUT2D eigenvalue weighted by Gasteiger charge is 2.19. The van der Waals surface area contributed by atoms with Gasteiger partial charge in [0.2, 0.25) is 10.0 Å². The summed E-state index contributed by atoms with van der Waals surface area (Å²) in [6.07, 6.45) is 3.41. The van der Waals surface area contributed by atoms with Crippen molar-refractivity contribution in [2.24, 2.45) is 16.8 Å². The lowest BCUT2D eigenvalue weighted by molar-refractivity contribution is 0.413. The van der Waals surface area contributed by atoms with Gasteiger partial charge in [0.05, 0.1) is 0 Å². The molecule has 4 N–H and O–H groups in total. The molecular formula is C11H18N4O2S. The number of rotatable bonds is 3. The number of piperidine rings is 1. The molecule has 6 nitrogen and oxygen atoms in total. The number of primary sulfonamides is 1. The lowest BCUT2D eigenvalue weighted by Crippen LogP contribution is -2.36. The van der Waals surface area contributed by atoms with Gasteiger partial charge in [0, 0.05) is 19.3 Å². The zero-order valence-corrected chi connectivity index (χ0v) is 10.9. The molecule has 0 aliphatic carbocycles. The zero-order chi connectivity index (χ0) is 13.2. The zero-order valence-electron chi connectivity index (χ0n) is 10.1. The average Bonchev–Trinajstić information content (AvgIpc) is 2.38. The third-order valence-electron chi connectivity index (χ3n) is 3.32. The molecule has 0 bridgehead atoms. The minimum Gasteiger partial charge on any atom is -0.357 e. The number of hydrogen-bond donors (Lipinski definition) is 2. The van der Waals surface area contributed by atoms with Gasteiger partial charge in [0.1, 0.15) is 10.7 Å². The first-order chi connectivity index (χ1) is 8.50. The van der Waals surface area contributed by atoms with Gasteiger partial charge in [-0.25, -0.2) is 18.5 Å². The Balaban J connectivity index is 2.07. The number of aromatic nitrogens is 1. The van der Waals surface area contributed by atoms with Crippen LogP contribution in [0.3, 0.4) is 0 Å². The van der Waals surface area contributed by atoms with Crippen molar-refractivity contribution in [2.45, 2.75) is 17.7 Å². The first kappa shape index (κ1) is 13.3. The molecule has 18 heavy (non-hydrogen) atoms. The summed E-state index contributed by atoms with van der Waals surface area (Å²) in [6, 6.07) is 3.19. The highest BCUT2D eigenvalue weighted by Crippen LogP contribution is 2.21. The van der Waals surface area contributed by atoms with Gasteiger partial charge in [0.15, 0.2) is 0 Å². The molecule has 1 aliphatic heterocycles. The van der Waals surface area contributed by atoms with Gasteiger partial charge < -0.3 is 10.6 Å². The Labute approximate surface area is 107 Å². The monoisotopic (exact) mass is 270 g/mol. The van der Waals surface area contributed by atoms with Crippen LogP contribution >= 0.6 is 0 Å². The van der Waals surface area contributed by atoms with Crippen LogP contribution in [-0.4, -0.2) is 33.0 Å². The lowest BCUT2D eigenvalue weighted by atomic mass is 9.97. The summed E-state index contributed by atoms with van der Waals surface area (Å²) in [4.78, 5) is 6.34. The third kappa shape index (κ3) is 2.98. The van der Waals surface area contributed by atoms with Crippen LogP contribution in [0.2, 0.25) is 0 Å². The molecule has 2 rings (SSSR count). The predicted molar refractivity (Wildman–Crippen MR) is 69.6 cm³/mol. The summed E-state index contributed by atoms with van der Waals surface area (Å²) < 4.78 is 22.2. The Morgan fingerprint density at radius 1 is 1.33 bits per heavy atom. The van der Waals surface area contributed by atoms with E-state index < -0.39 is 10.0 Å². The molecule has 0 atom stereocenters. The summed E-state index contributed by atoms with van der Waals surface area (Å²) in [5, 5.41) is 5.03. The third-order valence-corrected chi connectivity index (χ3v) is 4.22. The van der Waals surface area contributed by atoms with Crippen LogP contribution in [0.1, 0.15) is 12.8 Å². The Bertz CT molecular complexity index is 492. The molecule has 1 aromatic rings. The fourth-order valence-corrected chi connectivity index (χ4v) is 2.58. The summed E-state index contributed by atoms with van der Waals surface area (Å²) in [7, 11) is -3.66. The second-order valence-corrected chi connectivity index (χ2v) is 6.12. The molecule has 0 radical (unpaired) electrons. The summed E-state index contributed by atoms with van der Waals surface area (Å²) in [5.41, 5.74) is 5.64. The quantitative estimate of drug-likeness (QED) is 0.798. The van der Waals surface area contributed by atoms with Crippen molar-refractivity contribution in [3.8, 4) is 0 Å². The van der Waals surface area contributed by atoms with Gasteiger partial charge in [-0.15, -0.1) is 0 Å². The minimum atomic E-state index is -3.66. The summed E-state index contributed by atoms with van der Waals surface area (Å²) in [5.74, 6) is 1.38. The van der Waals surface area contributed by atoms with Crippen LogP contribution < -0.4 is 15.8 Å². The standard InChI is InChI=1S/C11H18N4O2S/c12-7-9-3-5-15(6-4-9)11-2-1-10(8-14-11)18(13,16)17/h1-2,8-9H,3-7,12H2,(H2,13,16,17). The van der Waals surface area contributed by atoms with Crippen molar-refractivity contribution in [3.63, 3.8) is 0 Å². The fourth-order valence-electron chi connectivity index (χ4n) is 2.13. The van der Waals surface area contributed by atoms with Crippen molar-refractivity contribution in [1.29, 1.82) is 0 Å². The smallest absolute Gasteiger partial charge is 0.239 e. The van der Waals surface area contributed by atoms with Crippen molar-refractivity contribution in [1.82, 2.24) is 4.98 Å². The maximum Gasteiger partial charge on any atom is 0.239 e. The van der Waals surface area contributed by atoms with E-state index in [1.54, 1.807) is 6.07 Å². The molecule has 1 saturated heterocycles. The number of pyridine rings is 1. The van der Waals surface area contributed by atoms with E-state index in [1.165, 1.54) is 12.3 Å². The first-order valence-electron chi connectivity index (χ1n) is 5.94. The van der Waals surface area contributed by atoms with Crippen molar-refractivity contribution >= 4 is 15.8 Å². The summed E-state index contributed by atoms with van der Waals surface area (Å²) in [6.45, 7) is 2.54. The van der Waals surface area contributed by atoms with Crippen molar-refractivity contribution in [3.05, 3.63) is 18.3 Å². The summed E-state index contributed by atoms with van der Waals surface area (Å²) >= 11 is 0. The molecule has 1 fully saturated rings. The van der Waals surface area contributed by atoms with Crippen LogP contribution in [0.4, 0.5) is 5.82 Å². The number of sulfonamides is 1. The molecule has 0 amide bonds. The molecule has 1 aliphatic rings. The van der Waals surface area contributed by atoms with Gasteiger partial charge in [0.25, 0.3) is 0 Å². The molecule has 0 unspecified atom stereocenters. The van der Waals surface area contributed by atoms with E-state index in [0.717, 1.165) is 38.3 Å². The van der Waals surface area contributed by atoms with Crippen LogP contribution in [0.15, 0.2) is 23.2 Å². The topological polar surface area (TPSA) is 102 Å². The fraction of sp³-hybridized carbons (Fsp3) is 0.545. The van der Waals surface area contributed by atoms with E-state index >= 15 is 0 Å². The molecule has 7 heteroatoms. The van der Waals surface area contributed by atoms with Gasteiger partial charge in [-0.05, 0) is 37.4 Å². The molecule has 0 aromatic carbocycles. The SMILES string of the molecule is NCC1CCN(c2ccc(S(N)(=O)=O)cn2)CC1. The Morgan fingerprint density at radius 3 is 2.44 bits per heavy atom. The number of nitrogens with two attached hydrogens (primary N) is 2. The second-order valence-electron chi connectivity index (χ2n) is 4.56. The second kappa shape index (κ2) is 5.21. The van der Waals surface area contributed by atoms with E-state index in [4.69, 9.17) is 10.9 Å². The molecule has 0 saturated carbocycles. The van der Waals surface area contributed by atoms with E-state index in [2.05, 4.69) is 9.88 Å². The average molecular weight is 270 g/mol.